The topological polar surface area (TPSA) is 24.4 Å². The minimum atomic E-state index is 0.359. The van der Waals surface area contributed by atoms with Gasteiger partial charge in [0.05, 0.1) is 5.84 Å². The average molecular weight is 216 g/mol. The molecule has 1 aromatic carbocycles. The molecule has 0 aliphatic carbocycles. The van der Waals surface area contributed by atoms with Crippen LogP contribution in [0.1, 0.15) is 43.4 Å². The largest absolute Gasteiger partial charge is 0.367 e. The van der Waals surface area contributed by atoms with E-state index in [2.05, 4.69) is 48.4 Å². The monoisotopic (exact) mass is 216 g/mol. The quantitative estimate of drug-likeness (QED) is 0.806. The Morgan fingerprint density at radius 1 is 1.25 bits per heavy atom. The summed E-state index contributed by atoms with van der Waals surface area (Å²) in [6.45, 7) is 5.36. The summed E-state index contributed by atoms with van der Waals surface area (Å²) < 4.78 is 0. The molecule has 86 valence electrons. The molecule has 0 amide bonds. The summed E-state index contributed by atoms with van der Waals surface area (Å²) in [6.07, 6.45) is 3.62. The third-order valence-electron chi connectivity index (χ3n) is 3.16. The molecule has 1 aliphatic rings. The summed E-state index contributed by atoms with van der Waals surface area (Å²) in [5.74, 6) is 1.18. The molecule has 1 heterocycles. The zero-order valence-corrected chi connectivity index (χ0v) is 10.2. The van der Waals surface area contributed by atoms with Crippen molar-refractivity contribution < 1.29 is 0 Å². The predicted octanol–water partition coefficient (Wildman–Crippen LogP) is 3.23. The molecule has 1 atom stereocenters. The maximum absolute atomic E-state index is 4.53. The maximum atomic E-state index is 4.53. The second-order valence-corrected chi connectivity index (χ2v) is 4.51. The van der Waals surface area contributed by atoms with Gasteiger partial charge in [-0.1, -0.05) is 24.3 Å². The number of amidine groups is 1. The van der Waals surface area contributed by atoms with Crippen LogP contribution in [0.5, 0.6) is 0 Å². The fraction of sp³-hybridized carbons (Fsp3) is 0.500. The van der Waals surface area contributed by atoms with E-state index in [1.54, 1.807) is 0 Å². The minimum absolute atomic E-state index is 0.359. The van der Waals surface area contributed by atoms with Gasteiger partial charge in [0.1, 0.15) is 0 Å². The minimum Gasteiger partial charge on any atom is -0.367 e. The molecular formula is C14H20N2. The van der Waals surface area contributed by atoms with Crippen molar-refractivity contribution in [3.63, 3.8) is 0 Å². The molecular weight excluding hydrogens is 196 g/mol. The van der Waals surface area contributed by atoms with E-state index in [0.29, 0.717) is 6.04 Å². The van der Waals surface area contributed by atoms with Crippen LogP contribution in [0, 0.1) is 6.92 Å². The molecule has 0 bridgehead atoms. The molecule has 0 saturated carbocycles. The van der Waals surface area contributed by atoms with Gasteiger partial charge >= 0.3 is 0 Å². The summed E-state index contributed by atoms with van der Waals surface area (Å²) in [7, 11) is 0. The summed E-state index contributed by atoms with van der Waals surface area (Å²) >= 11 is 0. The average Bonchev–Trinajstić information content (AvgIpc) is 2.31. The number of hydrogen-bond donors (Lipinski definition) is 1. The Bertz CT molecular complexity index is 382. The van der Waals surface area contributed by atoms with E-state index in [9.17, 15) is 0 Å². The standard InChI is InChI=1S/C14H20N2/c1-11-7-3-4-8-13(11)12(2)16-14-9-5-6-10-15-14/h3-4,7-8,12H,5-6,9-10H2,1-2H3,(H,15,16)/t12-/m1/s1. The predicted molar refractivity (Wildman–Crippen MR) is 68.9 cm³/mol. The van der Waals surface area contributed by atoms with Crippen molar-refractivity contribution in [2.75, 3.05) is 6.54 Å². The lowest BCUT2D eigenvalue weighted by Crippen LogP contribution is -2.28. The van der Waals surface area contributed by atoms with Crippen LogP contribution < -0.4 is 5.32 Å². The molecule has 2 nitrogen and oxygen atoms in total. The number of nitrogens with zero attached hydrogens (tertiary/aromatic N) is 1. The molecule has 1 aromatic rings. The first-order valence-electron chi connectivity index (χ1n) is 6.13. The van der Waals surface area contributed by atoms with E-state index >= 15 is 0 Å². The van der Waals surface area contributed by atoms with E-state index in [-0.39, 0.29) is 0 Å². The smallest absolute Gasteiger partial charge is 0.0967 e. The van der Waals surface area contributed by atoms with Crippen LogP contribution in [0.2, 0.25) is 0 Å². The van der Waals surface area contributed by atoms with Crippen molar-refractivity contribution in [3.8, 4) is 0 Å². The fourth-order valence-corrected chi connectivity index (χ4v) is 2.22. The number of hydrogen-bond acceptors (Lipinski definition) is 2. The highest BCUT2D eigenvalue weighted by molar-refractivity contribution is 5.83. The number of nitrogens with one attached hydrogen (secondary N) is 1. The SMILES string of the molecule is Cc1ccccc1[C@@H](C)NC1=NCCCC1. The first kappa shape index (κ1) is 11.2. The molecule has 0 unspecified atom stereocenters. The summed E-state index contributed by atoms with van der Waals surface area (Å²) in [5, 5.41) is 3.53. The van der Waals surface area contributed by atoms with Gasteiger partial charge < -0.3 is 5.32 Å². The van der Waals surface area contributed by atoms with Crippen molar-refractivity contribution in [3.05, 3.63) is 35.4 Å². The third kappa shape index (κ3) is 2.63. The highest BCUT2D eigenvalue weighted by Gasteiger charge is 2.11. The molecule has 1 aliphatic heterocycles. The first-order chi connectivity index (χ1) is 7.77. The van der Waals surface area contributed by atoms with Crippen molar-refractivity contribution in [2.24, 2.45) is 4.99 Å². The summed E-state index contributed by atoms with van der Waals surface area (Å²) in [4.78, 5) is 4.53. The highest BCUT2D eigenvalue weighted by atomic mass is 15.0. The Morgan fingerprint density at radius 3 is 2.75 bits per heavy atom. The van der Waals surface area contributed by atoms with Crippen molar-refractivity contribution >= 4 is 5.84 Å². The highest BCUT2D eigenvalue weighted by Crippen LogP contribution is 2.17. The van der Waals surface area contributed by atoms with E-state index in [1.165, 1.54) is 29.8 Å². The molecule has 0 radical (unpaired) electrons. The van der Waals surface area contributed by atoms with Gasteiger partial charge in [0, 0.05) is 19.0 Å². The van der Waals surface area contributed by atoms with E-state index < -0.39 is 0 Å². The molecule has 1 N–H and O–H groups in total. The lowest BCUT2D eigenvalue weighted by molar-refractivity contribution is 0.654. The number of aryl methyl sites for hydroxylation is 1. The Kier molecular flexibility index (Phi) is 3.60. The van der Waals surface area contributed by atoms with Gasteiger partial charge in [0.15, 0.2) is 0 Å². The van der Waals surface area contributed by atoms with Gasteiger partial charge in [-0.2, -0.15) is 0 Å². The Labute approximate surface area is 97.8 Å². The van der Waals surface area contributed by atoms with Crippen molar-refractivity contribution in [1.82, 2.24) is 5.32 Å². The van der Waals surface area contributed by atoms with Gasteiger partial charge in [-0.25, -0.2) is 0 Å². The van der Waals surface area contributed by atoms with Gasteiger partial charge in [-0.05, 0) is 37.8 Å². The van der Waals surface area contributed by atoms with Gasteiger partial charge in [-0.15, -0.1) is 0 Å². The first-order valence-corrected chi connectivity index (χ1v) is 6.13. The molecule has 2 rings (SSSR count). The Balaban J connectivity index is 2.05. The van der Waals surface area contributed by atoms with E-state index in [0.717, 1.165) is 13.0 Å². The lowest BCUT2D eigenvalue weighted by atomic mass is 10.0. The van der Waals surface area contributed by atoms with Crippen LogP contribution in [-0.4, -0.2) is 12.4 Å². The van der Waals surface area contributed by atoms with E-state index in [4.69, 9.17) is 0 Å². The number of benzene rings is 1. The Morgan fingerprint density at radius 2 is 2.06 bits per heavy atom. The van der Waals surface area contributed by atoms with Crippen LogP contribution in [-0.2, 0) is 0 Å². The lowest BCUT2D eigenvalue weighted by Gasteiger charge is -2.21. The zero-order valence-electron chi connectivity index (χ0n) is 10.2. The molecule has 0 spiro atoms. The van der Waals surface area contributed by atoms with Crippen LogP contribution >= 0.6 is 0 Å². The maximum Gasteiger partial charge on any atom is 0.0967 e. The van der Waals surface area contributed by atoms with Crippen LogP contribution in [0.3, 0.4) is 0 Å². The molecule has 0 fully saturated rings. The molecule has 16 heavy (non-hydrogen) atoms. The Hall–Kier alpha value is -1.31. The summed E-state index contributed by atoms with van der Waals surface area (Å²) in [5.41, 5.74) is 2.72. The number of aliphatic imine (C=N–C) groups is 1. The van der Waals surface area contributed by atoms with Crippen molar-refractivity contribution in [1.29, 1.82) is 0 Å². The van der Waals surface area contributed by atoms with Gasteiger partial charge in [-0.3, -0.25) is 4.99 Å². The van der Waals surface area contributed by atoms with Gasteiger partial charge in [0.25, 0.3) is 0 Å². The third-order valence-corrected chi connectivity index (χ3v) is 3.16. The zero-order chi connectivity index (χ0) is 11.4. The van der Waals surface area contributed by atoms with Crippen LogP contribution in [0.15, 0.2) is 29.3 Å². The fourth-order valence-electron chi connectivity index (χ4n) is 2.22. The van der Waals surface area contributed by atoms with Crippen LogP contribution in [0.4, 0.5) is 0 Å². The second kappa shape index (κ2) is 5.15. The van der Waals surface area contributed by atoms with Crippen molar-refractivity contribution in [2.45, 2.75) is 39.2 Å². The normalized spacial score (nSPS) is 17.8. The van der Waals surface area contributed by atoms with Gasteiger partial charge in [0.2, 0.25) is 0 Å². The van der Waals surface area contributed by atoms with E-state index in [1.807, 2.05) is 0 Å². The summed E-state index contributed by atoms with van der Waals surface area (Å²) in [6, 6.07) is 8.90. The molecule has 2 heteroatoms. The molecule has 0 saturated heterocycles. The second-order valence-electron chi connectivity index (χ2n) is 4.51. The van der Waals surface area contributed by atoms with Crippen LogP contribution in [0.25, 0.3) is 0 Å². The molecule has 0 aromatic heterocycles. The number of rotatable bonds is 2.